The van der Waals surface area contributed by atoms with Gasteiger partial charge in [0, 0.05) is 31.3 Å². The fourth-order valence-corrected chi connectivity index (χ4v) is 2.74. The van der Waals surface area contributed by atoms with Crippen LogP contribution in [0.2, 0.25) is 0 Å². The second kappa shape index (κ2) is 6.81. The molecule has 2 rings (SSSR count). The van der Waals surface area contributed by atoms with Gasteiger partial charge in [0.25, 0.3) is 5.69 Å². The van der Waals surface area contributed by atoms with Crippen LogP contribution in [-0.2, 0) is 11.3 Å². The summed E-state index contributed by atoms with van der Waals surface area (Å²) < 4.78 is 5.65. The number of ether oxygens (including phenoxy) is 1. The Morgan fingerprint density at radius 2 is 2.30 bits per heavy atom. The minimum absolute atomic E-state index is 0.194. The first-order chi connectivity index (χ1) is 9.61. The molecule has 1 aromatic rings. The summed E-state index contributed by atoms with van der Waals surface area (Å²) in [4.78, 5) is 10.6. The fourth-order valence-electron chi connectivity index (χ4n) is 2.74. The molecule has 1 aromatic carbocycles. The van der Waals surface area contributed by atoms with Gasteiger partial charge in [-0.2, -0.15) is 0 Å². The summed E-state index contributed by atoms with van der Waals surface area (Å²) >= 11 is 0. The number of rotatable bonds is 6. The Balaban J connectivity index is 1.88. The van der Waals surface area contributed by atoms with Crippen molar-refractivity contribution >= 4 is 5.69 Å². The van der Waals surface area contributed by atoms with Crippen molar-refractivity contribution in [3.05, 3.63) is 39.4 Å². The smallest absolute Gasteiger partial charge is 0.272 e. The molecule has 1 aliphatic rings. The highest BCUT2D eigenvalue weighted by Crippen LogP contribution is 2.23. The summed E-state index contributed by atoms with van der Waals surface area (Å²) in [5.74, 6) is 0.556. The van der Waals surface area contributed by atoms with Crippen LogP contribution >= 0.6 is 0 Å². The second-order valence-electron chi connectivity index (χ2n) is 5.38. The van der Waals surface area contributed by atoms with Crippen LogP contribution in [0.15, 0.2) is 18.2 Å². The number of hydrogen-bond acceptors (Lipinski definition) is 4. The second-order valence-corrected chi connectivity index (χ2v) is 5.38. The number of nitrogens with one attached hydrogen (secondary N) is 1. The molecule has 5 nitrogen and oxygen atoms in total. The van der Waals surface area contributed by atoms with Crippen molar-refractivity contribution in [1.29, 1.82) is 0 Å². The lowest BCUT2D eigenvalue weighted by Crippen LogP contribution is -2.27. The van der Waals surface area contributed by atoms with Crippen molar-refractivity contribution in [1.82, 2.24) is 5.32 Å². The topological polar surface area (TPSA) is 64.4 Å². The normalized spacial score (nSPS) is 22.1. The molecule has 0 amide bonds. The molecule has 0 bridgehead atoms. The van der Waals surface area contributed by atoms with E-state index in [2.05, 4.69) is 12.2 Å². The standard InChI is InChI=1S/C15H22N2O3/c1-3-15-13(6-7-20-15)10-16-9-12-5-4-11(2)14(8-12)17(18)19/h4-5,8,13,15-16H,3,6-7,9-10H2,1-2H3. The Hall–Kier alpha value is -1.46. The summed E-state index contributed by atoms with van der Waals surface area (Å²) in [5, 5.41) is 14.3. The van der Waals surface area contributed by atoms with Crippen molar-refractivity contribution in [2.45, 2.75) is 39.3 Å². The fraction of sp³-hybridized carbons (Fsp3) is 0.600. The molecule has 0 aromatic heterocycles. The highest BCUT2D eigenvalue weighted by molar-refractivity contribution is 5.42. The summed E-state index contributed by atoms with van der Waals surface area (Å²) in [6.07, 6.45) is 2.50. The lowest BCUT2D eigenvalue weighted by atomic mass is 9.99. The monoisotopic (exact) mass is 278 g/mol. The van der Waals surface area contributed by atoms with E-state index in [0.29, 0.717) is 24.1 Å². The van der Waals surface area contributed by atoms with Crippen molar-refractivity contribution in [2.75, 3.05) is 13.2 Å². The van der Waals surface area contributed by atoms with Crippen molar-refractivity contribution < 1.29 is 9.66 Å². The van der Waals surface area contributed by atoms with Crippen LogP contribution < -0.4 is 5.32 Å². The lowest BCUT2D eigenvalue weighted by molar-refractivity contribution is -0.385. The van der Waals surface area contributed by atoms with Crippen LogP contribution in [0.5, 0.6) is 0 Å². The Labute approximate surface area is 119 Å². The molecule has 0 spiro atoms. The van der Waals surface area contributed by atoms with Crippen LogP contribution in [0, 0.1) is 23.0 Å². The molecular formula is C15H22N2O3. The van der Waals surface area contributed by atoms with Gasteiger partial charge in [0.05, 0.1) is 11.0 Å². The van der Waals surface area contributed by atoms with E-state index in [4.69, 9.17) is 4.74 Å². The molecule has 1 fully saturated rings. The summed E-state index contributed by atoms with van der Waals surface area (Å²) in [6.45, 7) is 6.32. The van der Waals surface area contributed by atoms with Crippen molar-refractivity contribution in [2.24, 2.45) is 5.92 Å². The highest BCUT2D eigenvalue weighted by Gasteiger charge is 2.25. The predicted octanol–water partition coefficient (Wildman–Crippen LogP) is 2.81. The third-order valence-electron chi connectivity index (χ3n) is 3.95. The van der Waals surface area contributed by atoms with Gasteiger partial charge < -0.3 is 10.1 Å². The van der Waals surface area contributed by atoms with Gasteiger partial charge in [0.1, 0.15) is 0 Å². The number of nitrogens with zero attached hydrogens (tertiary/aromatic N) is 1. The maximum atomic E-state index is 10.9. The van der Waals surface area contributed by atoms with Crippen LogP contribution in [-0.4, -0.2) is 24.2 Å². The average Bonchev–Trinajstić information content (AvgIpc) is 2.88. The Bertz CT molecular complexity index is 476. The SMILES string of the molecule is CCC1OCCC1CNCc1ccc(C)c([N+](=O)[O-])c1. The summed E-state index contributed by atoms with van der Waals surface area (Å²) in [6, 6.07) is 5.41. The van der Waals surface area contributed by atoms with Gasteiger partial charge >= 0.3 is 0 Å². The van der Waals surface area contributed by atoms with E-state index in [1.165, 1.54) is 0 Å². The van der Waals surface area contributed by atoms with E-state index in [9.17, 15) is 10.1 Å². The molecule has 0 aliphatic carbocycles. The number of nitro groups is 1. The molecule has 2 atom stereocenters. The lowest BCUT2D eigenvalue weighted by Gasteiger charge is -2.17. The Kier molecular flexibility index (Phi) is 5.09. The first-order valence-electron chi connectivity index (χ1n) is 7.18. The minimum atomic E-state index is -0.323. The van der Waals surface area contributed by atoms with Gasteiger partial charge in [-0.15, -0.1) is 0 Å². The van der Waals surface area contributed by atoms with E-state index in [1.54, 1.807) is 13.0 Å². The average molecular weight is 278 g/mol. The van der Waals surface area contributed by atoms with Gasteiger partial charge in [-0.25, -0.2) is 0 Å². The molecule has 5 heteroatoms. The van der Waals surface area contributed by atoms with Crippen LogP contribution in [0.1, 0.15) is 30.9 Å². The van der Waals surface area contributed by atoms with E-state index in [0.717, 1.165) is 31.6 Å². The molecular weight excluding hydrogens is 256 g/mol. The van der Waals surface area contributed by atoms with Crippen LogP contribution in [0.3, 0.4) is 0 Å². The zero-order valence-electron chi connectivity index (χ0n) is 12.1. The van der Waals surface area contributed by atoms with Gasteiger partial charge in [-0.05, 0) is 31.2 Å². The first-order valence-corrected chi connectivity index (χ1v) is 7.18. The van der Waals surface area contributed by atoms with E-state index >= 15 is 0 Å². The number of benzene rings is 1. The van der Waals surface area contributed by atoms with Crippen LogP contribution in [0.25, 0.3) is 0 Å². The molecule has 1 heterocycles. The van der Waals surface area contributed by atoms with E-state index in [-0.39, 0.29) is 10.6 Å². The maximum Gasteiger partial charge on any atom is 0.272 e. The molecule has 1 N–H and O–H groups in total. The molecule has 2 unspecified atom stereocenters. The van der Waals surface area contributed by atoms with Gasteiger partial charge in [0.2, 0.25) is 0 Å². The minimum Gasteiger partial charge on any atom is -0.378 e. The largest absolute Gasteiger partial charge is 0.378 e. The zero-order chi connectivity index (χ0) is 14.5. The zero-order valence-corrected chi connectivity index (χ0v) is 12.1. The molecule has 1 aliphatic heterocycles. The van der Waals surface area contributed by atoms with Gasteiger partial charge in [-0.1, -0.05) is 19.1 Å². The molecule has 0 saturated carbocycles. The first kappa shape index (κ1) is 14.9. The van der Waals surface area contributed by atoms with Crippen molar-refractivity contribution in [3.63, 3.8) is 0 Å². The van der Waals surface area contributed by atoms with E-state index in [1.807, 2.05) is 12.1 Å². The Morgan fingerprint density at radius 3 is 3.00 bits per heavy atom. The number of nitro benzene ring substituents is 1. The molecule has 1 saturated heterocycles. The summed E-state index contributed by atoms with van der Waals surface area (Å²) in [5.41, 5.74) is 1.85. The molecule has 0 radical (unpaired) electrons. The molecule has 20 heavy (non-hydrogen) atoms. The quantitative estimate of drug-likeness (QED) is 0.642. The van der Waals surface area contributed by atoms with Gasteiger partial charge in [0.15, 0.2) is 0 Å². The third kappa shape index (κ3) is 3.55. The Morgan fingerprint density at radius 1 is 1.50 bits per heavy atom. The predicted molar refractivity (Wildman–Crippen MR) is 77.7 cm³/mol. The maximum absolute atomic E-state index is 10.9. The highest BCUT2D eigenvalue weighted by atomic mass is 16.6. The number of hydrogen-bond donors (Lipinski definition) is 1. The van der Waals surface area contributed by atoms with Crippen molar-refractivity contribution in [3.8, 4) is 0 Å². The summed E-state index contributed by atoms with van der Waals surface area (Å²) in [7, 11) is 0. The van der Waals surface area contributed by atoms with Gasteiger partial charge in [-0.3, -0.25) is 10.1 Å². The van der Waals surface area contributed by atoms with Crippen LogP contribution in [0.4, 0.5) is 5.69 Å². The third-order valence-corrected chi connectivity index (χ3v) is 3.95. The molecule has 110 valence electrons. The number of aryl methyl sites for hydroxylation is 1. The van der Waals surface area contributed by atoms with E-state index < -0.39 is 0 Å².